The summed E-state index contributed by atoms with van der Waals surface area (Å²) in [5.41, 5.74) is 2.84. The largest absolute Gasteiger partial charge is 4.00 e. The summed E-state index contributed by atoms with van der Waals surface area (Å²) in [6, 6.07) is 23.2. The van der Waals surface area contributed by atoms with E-state index in [9.17, 15) is 0 Å². The molecule has 0 bridgehead atoms. The van der Waals surface area contributed by atoms with Gasteiger partial charge in [0, 0.05) is 0 Å². The van der Waals surface area contributed by atoms with Gasteiger partial charge >= 0.3 is 88.8 Å². The molecule has 7 unspecified atom stereocenters. The van der Waals surface area contributed by atoms with Crippen LogP contribution in [0.1, 0.15) is 115 Å². The molecular formula is C46H74Cl3LiN2Zr2-. The molecule has 0 heterocycles. The molecule has 54 heavy (non-hydrogen) atoms. The van der Waals surface area contributed by atoms with E-state index in [0.29, 0.717) is 5.92 Å². The summed E-state index contributed by atoms with van der Waals surface area (Å²) in [7, 11) is 22.0. The molecule has 7 atom stereocenters. The zero-order valence-corrected chi connectivity index (χ0v) is 43.2. The van der Waals surface area contributed by atoms with Crippen LogP contribution in [-0.2, 0) is 44.4 Å². The number of hydrogen-bond donors (Lipinski definition) is 0. The van der Waals surface area contributed by atoms with Crippen molar-refractivity contribution in [2.24, 2.45) is 35.5 Å². The summed E-state index contributed by atoms with van der Waals surface area (Å²) < 4.78 is 0. The number of fused-ring (bicyclic) bond motifs is 4. The molecule has 0 saturated heterocycles. The Hall–Kier alpha value is 0.944. The molecule has 299 valence electrons. The first kappa shape index (κ1) is 61.6. The molecule has 0 radical (unpaired) electrons. The summed E-state index contributed by atoms with van der Waals surface area (Å²) >= 11 is -2.13. The van der Waals surface area contributed by atoms with Gasteiger partial charge in [0.2, 0.25) is 0 Å². The Kier molecular flexibility index (Phi) is 42.2. The average molecular weight is 951 g/mol. The molecule has 5 aliphatic rings. The minimum Gasteiger partial charge on any atom is -0.168 e. The van der Waals surface area contributed by atoms with Crippen molar-refractivity contribution in [3.63, 3.8) is 0 Å². The van der Waals surface area contributed by atoms with Crippen LogP contribution in [0.3, 0.4) is 0 Å². The fourth-order valence-electron chi connectivity index (χ4n) is 8.57. The summed E-state index contributed by atoms with van der Waals surface area (Å²) in [5.74, 6) is 7.29. The fraction of sp³-hybridized carbons (Fsp3) is 0.565. The summed E-state index contributed by atoms with van der Waals surface area (Å²) in [6.07, 6.45) is 22.9. The van der Waals surface area contributed by atoms with Crippen molar-refractivity contribution in [2.75, 3.05) is 28.2 Å². The quantitative estimate of drug-likeness (QED) is 0.159. The van der Waals surface area contributed by atoms with Gasteiger partial charge in [-0.3, -0.25) is 0 Å². The van der Waals surface area contributed by atoms with Gasteiger partial charge in [-0.2, -0.15) is 45.7 Å². The fourth-order valence-corrected chi connectivity index (χ4v) is 8.57. The topological polar surface area (TPSA) is 28.2 Å². The molecule has 4 saturated carbocycles. The molecule has 0 N–H and O–H groups in total. The molecule has 5 aliphatic carbocycles. The number of hydrogen-bond acceptors (Lipinski definition) is 0. The van der Waals surface area contributed by atoms with Crippen molar-refractivity contribution in [2.45, 2.75) is 104 Å². The zero-order chi connectivity index (χ0) is 36.0. The Morgan fingerprint density at radius 2 is 1.04 bits per heavy atom. The van der Waals surface area contributed by atoms with Crippen LogP contribution in [0.4, 0.5) is 0 Å². The van der Waals surface area contributed by atoms with Gasteiger partial charge in [0.05, 0.1) is 0 Å². The van der Waals surface area contributed by atoms with Crippen LogP contribution in [0.2, 0.25) is 0 Å². The maximum absolute atomic E-state index is 5.00. The molecule has 8 rings (SSSR count). The Labute approximate surface area is 385 Å². The van der Waals surface area contributed by atoms with Crippen molar-refractivity contribution >= 4 is 42.4 Å². The van der Waals surface area contributed by atoms with Crippen molar-refractivity contribution in [1.29, 1.82) is 0 Å². The summed E-state index contributed by atoms with van der Waals surface area (Å²) in [6.45, 7) is 7.13. The number of halogens is 3. The van der Waals surface area contributed by atoms with Crippen LogP contribution >= 0.6 is 25.5 Å². The maximum Gasteiger partial charge on any atom is 4.00 e. The second kappa shape index (κ2) is 37.0. The molecule has 4 fully saturated rings. The zero-order valence-electron chi connectivity index (χ0n) is 36.1. The van der Waals surface area contributed by atoms with Gasteiger partial charge in [-0.15, -0.1) is 29.7 Å². The van der Waals surface area contributed by atoms with E-state index in [2.05, 4.69) is 110 Å². The Balaban J connectivity index is -0.000000278. The summed E-state index contributed by atoms with van der Waals surface area (Å²) in [4.78, 5) is 0. The molecule has 2 nitrogen and oxygen atoms in total. The van der Waals surface area contributed by atoms with E-state index in [4.69, 9.17) is 25.5 Å². The van der Waals surface area contributed by atoms with E-state index < -0.39 is 18.2 Å². The first-order chi connectivity index (χ1) is 23.7. The van der Waals surface area contributed by atoms with Gasteiger partial charge in [-0.25, -0.2) is 0 Å². The molecule has 0 aliphatic heterocycles. The van der Waals surface area contributed by atoms with E-state index in [1.165, 1.54) is 60.4 Å². The third-order valence-corrected chi connectivity index (χ3v) is 11.0. The smallest absolute Gasteiger partial charge is 0.168 e. The number of rotatable bonds is 0. The van der Waals surface area contributed by atoms with Crippen molar-refractivity contribution in [3.05, 3.63) is 117 Å². The third kappa shape index (κ3) is 23.5. The second-order valence-electron chi connectivity index (χ2n) is 14.6. The van der Waals surface area contributed by atoms with Crippen LogP contribution in [0.5, 0.6) is 0 Å². The van der Waals surface area contributed by atoms with E-state index >= 15 is 0 Å². The van der Waals surface area contributed by atoms with E-state index in [-0.39, 0.29) is 67.3 Å². The molecule has 3 aromatic rings. The predicted molar refractivity (Wildman–Crippen MR) is 238 cm³/mol. The molecule has 0 spiro atoms. The van der Waals surface area contributed by atoms with Crippen LogP contribution in [0.25, 0.3) is 27.5 Å². The van der Waals surface area contributed by atoms with Gasteiger partial charge in [0.1, 0.15) is 0 Å². The second-order valence-corrected chi connectivity index (χ2v) is 25.8. The minimum absolute atomic E-state index is 0. The summed E-state index contributed by atoms with van der Waals surface area (Å²) in [5, 5.41) is 9.66. The van der Waals surface area contributed by atoms with Crippen molar-refractivity contribution < 1.29 is 63.2 Å². The number of allylic oxidation sites excluding steroid dienone is 1. The van der Waals surface area contributed by atoms with Crippen LogP contribution in [0, 0.1) is 57.8 Å². The average Bonchev–Trinajstić information content (AvgIpc) is 3.91. The maximum atomic E-state index is 5.00. The predicted octanol–water partition coefficient (Wildman–Crippen LogP) is 13.5. The normalized spacial score (nSPS) is 24.2. The van der Waals surface area contributed by atoms with E-state index in [1.807, 2.05) is 0 Å². The SMILES string of the molecule is CC1C=Cc2ccccc21.CC1CCC2CCCCC12.CC1CCC2CCCCC12.C[N-]C.C[N-]C.[CH3-].[CH3-].[CH3-].[Cl][Zr]([Cl])[Cl].[Li+].[Zr+4].c1ccc2[cH-]ccc2c1. The minimum atomic E-state index is -2.13. The van der Waals surface area contributed by atoms with E-state index in [1.54, 1.807) is 66.7 Å². The monoisotopic (exact) mass is 946 g/mol. The van der Waals surface area contributed by atoms with Crippen LogP contribution in [-0.4, -0.2) is 28.2 Å². The third-order valence-electron chi connectivity index (χ3n) is 11.0. The van der Waals surface area contributed by atoms with Gasteiger partial charge < -0.3 is 32.9 Å². The van der Waals surface area contributed by atoms with Gasteiger partial charge in [-0.05, 0) is 78.2 Å². The first-order valence-electron chi connectivity index (χ1n) is 18.8. The molecule has 0 aromatic heterocycles. The Morgan fingerprint density at radius 3 is 1.48 bits per heavy atom. The molecule has 8 heteroatoms. The van der Waals surface area contributed by atoms with Gasteiger partial charge in [0.15, 0.2) is 0 Å². The van der Waals surface area contributed by atoms with Crippen LogP contribution < -0.4 is 18.9 Å². The van der Waals surface area contributed by atoms with Gasteiger partial charge in [-0.1, -0.05) is 115 Å². The Morgan fingerprint density at radius 1 is 0.611 bits per heavy atom. The number of benzene rings is 2. The molecular weight excluding hydrogens is 876 g/mol. The van der Waals surface area contributed by atoms with E-state index in [0.717, 1.165) is 35.5 Å². The standard InChI is InChI=1S/2C10H18.C10H10.C9H7.2C2H6N.3CH3.3ClH.Li.2Zr/c3*1-8-6-7-9-4-2-3-5-10(8)9;1-2-5-9-7-3-6-8(9)4-1;2*1-3-2;;;;;;;;;/h2*8-10H,2-7H2,1H3;2-8H,1H3;1-7H;2*1-2H3;3*1H3;3*1H;;;/q;;;6*-1;;;;+1;+3;+4/p-3. The molecule has 3 aromatic carbocycles. The van der Waals surface area contributed by atoms with Crippen LogP contribution in [0.15, 0.2) is 72.8 Å². The molecule has 0 amide bonds. The van der Waals surface area contributed by atoms with Crippen molar-refractivity contribution in [1.82, 2.24) is 0 Å². The Bertz CT molecular complexity index is 1220. The van der Waals surface area contributed by atoms with Gasteiger partial charge in [0.25, 0.3) is 0 Å². The van der Waals surface area contributed by atoms with Crippen molar-refractivity contribution in [3.8, 4) is 0 Å². The first-order valence-corrected chi connectivity index (χ1v) is 28.3. The number of nitrogens with zero attached hydrogens (tertiary/aromatic N) is 2.